The van der Waals surface area contributed by atoms with E-state index in [0.717, 1.165) is 31.4 Å². The molecule has 0 bridgehead atoms. The second kappa shape index (κ2) is 6.61. The number of halogens is 1. The lowest BCUT2D eigenvalue weighted by Crippen LogP contribution is -2.16. The summed E-state index contributed by atoms with van der Waals surface area (Å²) in [5.41, 5.74) is 4.05. The van der Waals surface area contributed by atoms with E-state index in [4.69, 9.17) is 0 Å². The molecule has 0 spiro atoms. The largest absolute Gasteiger partial charge is 0.341 e. The third-order valence-corrected chi connectivity index (χ3v) is 6.49. The summed E-state index contributed by atoms with van der Waals surface area (Å²) in [5.74, 6) is -0.479. The smallest absolute Gasteiger partial charge is 0.282 e. The Balaban J connectivity index is 1.53. The molecular weight excluding hydrogens is 413 g/mol. The Labute approximate surface area is 179 Å². The molecule has 152 valence electrons. The van der Waals surface area contributed by atoms with Crippen molar-refractivity contribution in [3.05, 3.63) is 88.0 Å². The lowest BCUT2D eigenvalue weighted by Gasteiger charge is -2.11. The summed E-state index contributed by atoms with van der Waals surface area (Å²) >= 11 is 1.53. The number of para-hydroxylation sites is 1. The highest BCUT2D eigenvalue weighted by Crippen LogP contribution is 2.33. The van der Waals surface area contributed by atoms with Crippen LogP contribution in [0.25, 0.3) is 38.1 Å². The molecule has 6 nitrogen and oxygen atoms in total. The zero-order valence-corrected chi connectivity index (χ0v) is 17.3. The maximum atomic E-state index is 14.3. The van der Waals surface area contributed by atoms with Crippen molar-refractivity contribution in [2.75, 3.05) is 0 Å². The number of pyridine rings is 1. The van der Waals surface area contributed by atoms with E-state index >= 15 is 0 Å². The van der Waals surface area contributed by atoms with Gasteiger partial charge in [0, 0.05) is 25.2 Å². The Bertz CT molecular complexity index is 1620. The molecule has 0 unspecified atom stereocenters. The van der Waals surface area contributed by atoms with Gasteiger partial charge in [-0.15, -0.1) is 11.3 Å². The topological polar surface area (TPSA) is 57.6 Å². The summed E-state index contributed by atoms with van der Waals surface area (Å²) in [5, 5.41) is 11.8. The first-order valence-electron chi connectivity index (χ1n) is 9.75. The first kappa shape index (κ1) is 18.0. The lowest BCUT2D eigenvalue weighted by molar-refractivity contribution is 0.609. The van der Waals surface area contributed by atoms with Crippen LogP contribution < -0.4 is 5.56 Å². The van der Waals surface area contributed by atoms with Gasteiger partial charge in [-0.1, -0.05) is 18.2 Å². The lowest BCUT2D eigenvalue weighted by atomic mass is 10.1. The molecule has 0 saturated heterocycles. The molecule has 0 N–H and O–H groups in total. The van der Waals surface area contributed by atoms with Crippen LogP contribution in [0.2, 0.25) is 0 Å². The molecule has 0 fully saturated rings. The number of aryl methyl sites for hydroxylation is 1. The zero-order valence-electron chi connectivity index (χ0n) is 16.5. The van der Waals surface area contributed by atoms with Crippen LogP contribution in [0.4, 0.5) is 4.39 Å². The molecule has 2 aromatic heterocycles. The van der Waals surface area contributed by atoms with Gasteiger partial charge in [-0.05, 0) is 41.3 Å². The number of fused-ring (bicyclic) bond motifs is 4. The summed E-state index contributed by atoms with van der Waals surface area (Å²) in [4.78, 5) is 13.1. The minimum Gasteiger partial charge on any atom is -0.341 e. The number of nitrogens with zero attached hydrogens (tertiary/aromatic N) is 5. The summed E-state index contributed by atoms with van der Waals surface area (Å²) in [6.07, 6.45) is 3.67. The van der Waals surface area contributed by atoms with Gasteiger partial charge in [-0.2, -0.15) is 14.9 Å². The van der Waals surface area contributed by atoms with Crippen LogP contribution in [0.3, 0.4) is 0 Å². The van der Waals surface area contributed by atoms with Gasteiger partial charge in [-0.25, -0.2) is 4.39 Å². The number of hydrogen-bond donors (Lipinski definition) is 0. The second-order valence-electron chi connectivity index (χ2n) is 7.48. The van der Waals surface area contributed by atoms with Crippen LogP contribution in [-0.4, -0.2) is 24.1 Å². The molecular formula is C23H16FN5OS. The van der Waals surface area contributed by atoms with Crippen molar-refractivity contribution >= 4 is 32.5 Å². The summed E-state index contributed by atoms with van der Waals surface area (Å²) < 4.78 is 20.3. The number of rotatable bonds is 3. The van der Waals surface area contributed by atoms with Crippen molar-refractivity contribution < 1.29 is 4.39 Å². The summed E-state index contributed by atoms with van der Waals surface area (Å²) in [6.45, 7) is 0.596. The highest BCUT2D eigenvalue weighted by Gasteiger charge is 2.22. The fraction of sp³-hybridized carbons (Fsp3) is 0.0870. The van der Waals surface area contributed by atoms with Crippen LogP contribution in [0.15, 0.2) is 71.1 Å². The van der Waals surface area contributed by atoms with E-state index in [-0.39, 0.29) is 11.2 Å². The molecule has 6 rings (SSSR count). The van der Waals surface area contributed by atoms with E-state index in [1.165, 1.54) is 17.4 Å². The number of thiophene rings is 1. The molecule has 2 aliphatic rings. The monoisotopic (exact) mass is 429 g/mol. The van der Waals surface area contributed by atoms with Crippen molar-refractivity contribution in [2.24, 2.45) is 7.05 Å². The molecule has 0 aliphatic carbocycles. The van der Waals surface area contributed by atoms with E-state index in [2.05, 4.69) is 33.0 Å². The molecule has 4 heterocycles. The normalized spacial score (nSPS) is 11.8. The average molecular weight is 429 g/mol. The molecule has 0 saturated carbocycles. The van der Waals surface area contributed by atoms with Crippen molar-refractivity contribution in [3.63, 3.8) is 0 Å². The van der Waals surface area contributed by atoms with Crippen LogP contribution in [0.1, 0.15) is 5.56 Å². The second-order valence-corrected chi connectivity index (χ2v) is 8.40. The van der Waals surface area contributed by atoms with Crippen molar-refractivity contribution in [3.8, 4) is 16.9 Å². The standard InChI is InChI=1S/C23H16FN5OS/c1-27-18-7-6-14(10-15(18)11-25-27)12-28-13-16-21(22-20(28)8-9-31-22)26-29(23(16)30)19-5-3-2-4-17(19)24/h2-11,13H,12H2,1H3. The fourth-order valence-electron chi connectivity index (χ4n) is 4.06. The highest BCUT2D eigenvalue weighted by molar-refractivity contribution is 7.17. The van der Waals surface area contributed by atoms with E-state index in [0.29, 0.717) is 17.8 Å². The molecule has 0 amide bonds. The zero-order chi connectivity index (χ0) is 21.1. The van der Waals surface area contributed by atoms with E-state index < -0.39 is 5.82 Å². The minimum absolute atomic E-state index is 0.155. The van der Waals surface area contributed by atoms with Gasteiger partial charge in [0.05, 0.1) is 27.5 Å². The molecule has 4 aromatic rings. The van der Waals surface area contributed by atoms with Gasteiger partial charge in [0.15, 0.2) is 0 Å². The Morgan fingerprint density at radius 3 is 2.84 bits per heavy atom. The van der Waals surface area contributed by atoms with Gasteiger partial charge < -0.3 is 4.57 Å². The van der Waals surface area contributed by atoms with E-state index in [9.17, 15) is 9.18 Å². The van der Waals surface area contributed by atoms with Gasteiger partial charge in [0.2, 0.25) is 0 Å². The van der Waals surface area contributed by atoms with Crippen LogP contribution in [0.5, 0.6) is 0 Å². The quantitative estimate of drug-likeness (QED) is 0.418. The van der Waals surface area contributed by atoms with Gasteiger partial charge >= 0.3 is 0 Å². The maximum absolute atomic E-state index is 14.3. The average Bonchev–Trinajstić information content (AvgIpc) is 3.47. The van der Waals surface area contributed by atoms with Crippen molar-refractivity contribution in [1.29, 1.82) is 0 Å². The van der Waals surface area contributed by atoms with Crippen molar-refractivity contribution in [2.45, 2.75) is 6.54 Å². The molecule has 0 radical (unpaired) electrons. The Kier molecular flexibility index (Phi) is 3.85. The van der Waals surface area contributed by atoms with Gasteiger partial charge in [0.25, 0.3) is 5.56 Å². The Morgan fingerprint density at radius 1 is 1.10 bits per heavy atom. The van der Waals surface area contributed by atoms with E-state index in [1.807, 2.05) is 35.6 Å². The molecule has 0 atom stereocenters. The minimum atomic E-state index is -0.479. The first-order valence-corrected chi connectivity index (χ1v) is 10.6. The van der Waals surface area contributed by atoms with Crippen LogP contribution in [-0.2, 0) is 13.6 Å². The third-order valence-electron chi connectivity index (χ3n) is 5.58. The number of aromatic nitrogens is 5. The fourth-order valence-corrected chi connectivity index (χ4v) is 4.96. The highest BCUT2D eigenvalue weighted by atomic mass is 32.1. The predicted octanol–water partition coefficient (Wildman–Crippen LogP) is 4.43. The Hall–Kier alpha value is -3.78. The first-order chi connectivity index (χ1) is 15.1. The third kappa shape index (κ3) is 2.72. The molecule has 2 aliphatic heterocycles. The van der Waals surface area contributed by atoms with Crippen LogP contribution >= 0.6 is 11.3 Å². The molecule has 2 aromatic carbocycles. The predicted molar refractivity (Wildman–Crippen MR) is 120 cm³/mol. The summed E-state index contributed by atoms with van der Waals surface area (Å²) in [6, 6.07) is 14.4. The SMILES string of the molecule is Cn1ncc2cc(Cn3cc4c(=O)n(-c5ccccc5F)nc-4c4sccc43)ccc21. The van der Waals surface area contributed by atoms with Crippen molar-refractivity contribution in [1.82, 2.24) is 24.1 Å². The van der Waals surface area contributed by atoms with Gasteiger partial charge in [0.1, 0.15) is 17.2 Å². The van der Waals surface area contributed by atoms with E-state index in [1.54, 1.807) is 18.2 Å². The van der Waals surface area contributed by atoms with Crippen LogP contribution in [0, 0.1) is 5.82 Å². The number of benzene rings is 2. The molecule has 8 heteroatoms. The summed E-state index contributed by atoms with van der Waals surface area (Å²) in [7, 11) is 1.92. The van der Waals surface area contributed by atoms with Gasteiger partial charge in [-0.3, -0.25) is 9.48 Å². The maximum Gasteiger partial charge on any atom is 0.282 e. The number of hydrogen-bond acceptors (Lipinski definition) is 4. The molecule has 31 heavy (non-hydrogen) atoms. The Morgan fingerprint density at radius 2 is 1.97 bits per heavy atom.